The second kappa shape index (κ2) is 12.8. The van der Waals surface area contributed by atoms with Gasteiger partial charge in [0, 0.05) is 31.1 Å². The van der Waals surface area contributed by atoms with Gasteiger partial charge in [-0.3, -0.25) is 14.4 Å². The van der Waals surface area contributed by atoms with Crippen LogP contribution in [-0.2, 0) is 19.1 Å². The fourth-order valence-electron chi connectivity index (χ4n) is 2.31. The molecule has 1 atom stereocenters. The maximum absolute atomic E-state index is 12.4. The van der Waals surface area contributed by atoms with Crippen LogP contribution in [-0.4, -0.2) is 55.4 Å². The first-order valence-electron chi connectivity index (χ1n) is 8.89. The molecular weight excluding hydrogens is 382 g/mol. The number of amides is 3. The summed E-state index contributed by atoms with van der Waals surface area (Å²) in [6.07, 6.45) is 3.21. The van der Waals surface area contributed by atoms with Gasteiger partial charge in [-0.2, -0.15) is 11.8 Å². The smallest absolute Gasteiger partial charge is 0.328 e. The van der Waals surface area contributed by atoms with E-state index < -0.39 is 12.0 Å². The number of thioether (sulfide) groups is 1. The molecular formula is C19H27N3O5S. The van der Waals surface area contributed by atoms with Gasteiger partial charge < -0.3 is 20.7 Å². The van der Waals surface area contributed by atoms with E-state index in [2.05, 4.69) is 16.0 Å². The first-order valence-corrected chi connectivity index (χ1v) is 10.3. The van der Waals surface area contributed by atoms with E-state index in [1.54, 1.807) is 36.0 Å². The highest BCUT2D eigenvalue weighted by Gasteiger charge is 2.21. The summed E-state index contributed by atoms with van der Waals surface area (Å²) in [5, 5.41) is 8.03. The van der Waals surface area contributed by atoms with Gasteiger partial charge in [0.2, 0.25) is 11.8 Å². The number of esters is 1. The predicted molar refractivity (Wildman–Crippen MR) is 109 cm³/mol. The average Bonchev–Trinajstić information content (AvgIpc) is 2.68. The fraction of sp³-hybridized carbons (Fsp3) is 0.474. The van der Waals surface area contributed by atoms with Crippen molar-refractivity contribution in [3.05, 3.63) is 29.8 Å². The average molecular weight is 410 g/mol. The Morgan fingerprint density at radius 3 is 2.39 bits per heavy atom. The highest BCUT2D eigenvalue weighted by Crippen LogP contribution is 2.11. The largest absolute Gasteiger partial charge is 0.467 e. The van der Waals surface area contributed by atoms with Gasteiger partial charge in [-0.05, 0) is 49.1 Å². The van der Waals surface area contributed by atoms with Crippen LogP contribution in [0.25, 0.3) is 0 Å². The number of hydrogen-bond donors (Lipinski definition) is 3. The molecule has 0 aliphatic heterocycles. The topological polar surface area (TPSA) is 114 Å². The summed E-state index contributed by atoms with van der Waals surface area (Å²) in [6.45, 7) is 1.87. The van der Waals surface area contributed by atoms with Crippen molar-refractivity contribution in [1.29, 1.82) is 0 Å². The lowest BCUT2D eigenvalue weighted by molar-refractivity contribution is -0.142. The van der Waals surface area contributed by atoms with Crippen molar-refractivity contribution >= 4 is 41.1 Å². The molecule has 0 fully saturated rings. The zero-order valence-electron chi connectivity index (χ0n) is 16.4. The van der Waals surface area contributed by atoms with E-state index in [9.17, 15) is 19.2 Å². The summed E-state index contributed by atoms with van der Waals surface area (Å²) in [7, 11) is 1.29. The zero-order valence-corrected chi connectivity index (χ0v) is 17.2. The number of ether oxygens (including phenoxy) is 1. The van der Waals surface area contributed by atoms with Gasteiger partial charge in [0.05, 0.1) is 7.11 Å². The van der Waals surface area contributed by atoms with E-state index in [-0.39, 0.29) is 24.1 Å². The van der Waals surface area contributed by atoms with E-state index >= 15 is 0 Å². The highest BCUT2D eigenvalue weighted by molar-refractivity contribution is 7.98. The number of hydrogen-bond acceptors (Lipinski definition) is 6. The SMILES string of the molecule is COC(=O)[C@@H](CCSC)NC(=O)c1ccc(NC(=O)CCCNC(C)=O)cc1. The zero-order chi connectivity index (χ0) is 20.9. The maximum Gasteiger partial charge on any atom is 0.328 e. The molecule has 0 unspecified atom stereocenters. The van der Waals surface area contributed by atoms with E-state index in [0.717, 1.165) is 0 Å². The van der Waals surface area contributed by atoms with E-state index in [0.29, 0.717) is 36.4 Å². The van der Waals surface area contributed by atoms with Gasteiger partial charge in [0.1, 0.15) is 6.04 Å². The molecule has 1 aromatic rings. The van der Waals surface area contributed by atoms with Crippen LogP contribution >= 0.6 is 11.8 Å². The summed E-state index contributed by atoms with van der Waals surface area (Å²) in [6, 6.07) is 5.69. The Morgan fingerprint density at radius 1 is 1.14 bits per heavy atom. The quantitative estimate of drug-likeness (QED) is 0.378. The Hall–Kier alpha value is -2.55. The highest BCUT2D eigenvalue weighted by atomic mass is 32.2. The van der Waals surface area contributed by atoms with Crippen molar-refractivity contribution in [2.75, 3.05) is 31.0 Å². The molecule has 28 heavy (non-hydrogen) atoms. The van der Waals surface area contributed by atoms with Crippen LogP contribution in [0.2, 0.25) is 0 Å². The van der Waals surface area contributed by atoms with Crippen molar-refractivity contribution in [2.45, 2.75) is 32.2 Å². The van der Waals surface area contributed by atoms with Crippen LogP contribution in [0.15, 0.2) is 24.3 Å². The summed E-state index contributed by atoms with van der Waals surface area (Å²) >= 11 is 1.58. The van der Waals surface area contributed by atoms with Gasteiger partial charge in [-0.25, -0.2) is 4.79 Å². The van der Waals surface area contributed by atoms with Gasteiger partial charge in [-0.1, -0.05) is 0 Å². The van der Waals surface area contributed by atoms with Gasteiger partial charge in [0.15, 0.2) is 0 Å². The Bertz CT molecular complexity index is 679. The van der Waals surface area contributed by atoms with Crippen molar-refractivity contribution < 1.29 is 23.9 Å². The molecule has 8 nitrogen and oxygen atoms in total. The minimum absolute atomic E-state index is 0.128. The molecule has 0 radical (unpaired) electrons. The lowest BCUT2D eigenvalue weighted by Crippen LogP contribution is -2.41. The van der Waals surface area contributed by atoms with Gasteiger partial charge in [0.25, 0.3) is 5.91 Å². The van der Waals surface area contributed by atoms with Gasteiger partial charge in [-0.15, -0.1) is 0 Å². The van der Waals surface area contributed by atoms with E-state index in [4.69, 9.17) is 4.74 Å². The summed E-state index contributed by atoms with van der Waals surface area (Å²) in [4.78, 5) is 46.8. The van der Waals surface area contributed by atoms with Crippen molar-refractivity contribution in [1.82, 2.24) is 10.6 Å². The summed E-state index contributed by atoms with van der Waals surface area (Å²) in [5.74, 6) is -0.454. The summed E-state index contributed by atoms with van der Waals surface area (Å²) < 4.78 is 4.73. The predicted octanol–water partition coefficient (Wildman–Crippen LogP) is 1.57. The second-order valence-corrected chi connectivity index (χ2v) is 7.03. The molecule has 0 spiro atoms. The van der Waals surface area contributed by atoms with Crippen LogP contribution in [0.1, 0.15) is 36.5 Å². The molecule has 0 aromatic heterocycles. The standard InChI is InChI=1S/C19H27N3O5S/c1-13(23)20-11-4-5-17(24)21-15-8-6-14(7-9-15)18(25)22-16(10-12-28-3)19(26)27-2/h6-9,16H,4-5,10-12H2,1-3H3,(H,20,23)(H,21,24)(H,22,25)/t16-/m1/s1. The fourth-order valence-corrected chi connectivity index (χ4v) is 2.78. The normalized spacial score (nSPS) is 11.2. The third kappa shape index (κ3) is 8.90. The molecule has 154 valence electrons. The lowest BCUT2D eigenvalue weighted by Gasteiger charge is -2.16. The number of methoxy groups -OCH3 is 1. The minimum Gasteiger partial charge on any atom is -0.467 e. The van der Waals surface area contributed by atoms with Crippen molar-refractivity contribution in [2.24, 2.45) is 0 Å². The molecule has 0 saturated carbocycles. The number of nitrogens with one attached hydrogen (secondary N) is 3. The van der Waals surface area contributed by atoms with Crippen molar-refractivity contribution in [3.8, 4) is 0 Å². The molecule has 0 aliphatic carbocycles. The lowest BCUT2D eigenvalue weighted by atomic mass is 10.1. The first kappa shape index (κ1) is 23.5. The third-order valence-corrected chi connectivity index (χ3v) is 4.43. The molecule has 9 heteroatoms. The Morgan fingerprint density at radius 2 is 1.82 bits per heavy atom. The summed E-state index contributed by atoms with van der Waals surface area (Å²) in [5.41, 5.74) is 0.940. The van der Waals surface area contributed by atoms with Gasteiger partial charge >= 0.3 is 5.97 Å². The number of rotatable bonds is 11. The Kier molecular flexibility index (Phi) is 10.7. The second-order valence-electron chi connectivity index (χ2n) is 6.04. The van der Waals surface area contributed by atoms with E-state index in [1.807, 2.05) is 6.26 Å². The number of carbonyl (C=O) groups is 4. The third-order valence-electron chi connectivity index (χ3n) is 3.79. The van der Waals surface area contributed by atoms with Crippen LogP contribution in [0.4, 0.5) is 5.69 Å². The number of carbonyl (C=O) groups excluding carboxylic acids is 4. The van der Waals surface area contributed by atoms with Crippen LogP contribution < -0.4 is 16.0 Å². The van der Waals surface area contributed by atoms with Crippen molar-refractivity contribution in [3.63, 3.8) is 0 Å². The molecule has 0 aliphatic rings. The Labute approximate surface area is 169 Å². The molecule has 1 aromatic carbocycles. The molecule has 0 heterocycles. The van der Waals surface area contributed by atoms with Crippen LogP contribution in [0.5, 0.6) is 0 Å². The molecule has 3 N–H and O–H groups in total. The van der Waals surface area contributed by atoms with E-state index in [1.165, 1.54) is 14.0 Å². The van der Waals surface area contributed by atoms with Crippen LogP contribution in [0.3, 0.4) is 0 Å². The molecule has 3 amide bonds. The number of anilines is 1. The first-order chi connectivity index (χ1) is 13.4. The minimum atomic E-state index is -0.701. The molecule has 0 bridgehead atoms. The molecule has 0 saturated heterocycles. The molecule has 1 rings (SSSR count). The maximum atomic E-state index is 12.4. The Balaban J connectivity index is 2.55. The monoisotopic (exact) mass is 409 g/mol. The van der Waals surface area contributed by atoms with Crippen LogP contribution in [0, 0.1) is 0 Å². The number of benzene rings is 1.